The quantitative estimate of drug-likeness (QED) is 0.565. The van der Waals surface area contributed by atoms with E-state index in [9.17, 15) is 9.18 Å². The van der Waals surface area contributed by atoms with Crippen LogP contribution < -0.4 is 5.48 Å². The number of benzene rings is 1. The molecule has 0 aliphatic rings. The van der Waals surface area contributed by atoms with Gasteiger partial charge in [-0.05, 0) is 12.1 Å². The second-order valence-electron chi connectivity index (χ2n) is 2.63. The number of halogens is 1. The van der Waals surface area contributed by atoms with E-state index in [0.717, 1.165) is 6.07 Å². The van der Waals surface area contributed by atoms with Crippen LogP contribution in [0.4, 0.5) is 4.39 Å². The van der Waals surface area contributed by atoms with Gasteiger partial charge in [0.1, 0.15) is 5.82 Å². The third-order valence-corrected chi connectivity index (χ3v) is 1.74. The molecule has 0 aromatic heterocycles. The van der Waals surface area contributed by atoms with Crippen LogP contribution in [0, 0.1) is 5.82 Å². The fourth-order valence-corrected chi connectivity index (χ4v) is 1.02. The highest BCUT2D eigenvalue weighted by Crippen LogP contribution is 2.10. The first kappa shape index (κ1) is 10.6. The largest absolute Gasteiger partial charge is 0.465 e. The third kappa shape index (κ3) is 2.27. The van der Waals surface area contributed by atoms with Crippen molar-refractivity contribution in [2.24, 2.45) is 0 Å². The smallest absolute Gasteiger partial charge is 0.337 e. The number of rotatable bonds is 3. The number of nitrogens with one attached hydrogen (secondary N) is 1. The molecule has 0 heterocycles. The molecule has 2 N–H and O–H groups in total. The molecular formula is C9H10FNO3. The minimum atomic E-state index is -0.590. The van der Waals surface area contributed by atoms with Gasteiger partial charge in [0.05, 0.1) is 12.7 Å². The number of hydroxylamine groups is 1. The maximum absolute atomic E-state index is 13.2. The minimum absolute atomic E-state index is 0.00666. The van der Waals surface area contributed by atoms with Crippen LogP contribution in [0.3, 0.4) is 0 Å². The van der Waals surface area contributed by atoms with Gasteiger partial charge in [-0.15, -0.1) is 0 Å². The van der Waals surface area contributed by atoms with E-state index >= 15 is 0 Å². The van der Waals surface area contributed by atoms with Gasteiger partial charge in [0.15, 0.2) is 0 Å². The van der Waals surface area contributed by atoms with Gasteiger partial charge in [-0.2, -0.15) is 0 Å². The van der Waals surface area contributed by atoms with Gasteiger partial charge in [0, 0.05) is 12.1 Å². The van der Waals surface area contributed by atoms with Crippen LogP contribution in [0.15, 0.2) is 18.2 Å². The number of carbonyl (C=O) groups is 1. The van der Waals surface area contributed by atoms with Crippen molar-refractivity contribution in [1.29, 1.82) is 0 Å². The summed E-state index contributed by atoms with van der Waals surface area (Å²) in [4.78, 5) is 11.0. The lowest BCUT2D eigenvalue weighted by molar-refractivity contribution is 0.0600. The van der Waals surface area contributed by atoms with E-state index in [-0.39, 0.29) is 17.7 Å². The normalized spacial score (nSPS) is 9.93. The molecule has 5 heteroatoms. The van der Waals surface area contributed by atoms with Crippen molar-refractivity contribution in [3.05, 3.63) is 35.1 Å². The fourth-order valence-electron chi connectivity index (χ4n) is 1.02. The number of hydrogen-bond acceptors (Lipinski definition) is 4. The summed E-state index contributed by atoms with van der Waals surface area (Å²) in [7, 11) is 1.23. The lowest BCUT2D eigenvalue weighted by atomic mass is 10.1. The van der Waals surface area contributed by atoms with E-state index < -0.39 is 11.8 Å². The Morgan fingerprint density at radius 1 is 1.64 bits per heavy atom. The summed E-state index contributed by atoms with van der Waals surface area (Å²) in [5.41, 5.74) is 2.25. The maximum atomic E-state index is 13.2. The molecule has 0 radical (unpaired) electrons. The molecule has 1 aromatic carbocycles. The molecule has 1 rings (SSSR count). The van der Waals surface area contributed by atoms with Gasteiger partial charge in [-0.25, -0.2) is 14.7 Å². The molecule has 0 fully saturated rings. The first-order valence-electron chi connectivity index (χ1n) is 3.92. The first-order chi connectivity index (χ1) is 6.69. The lowest BCUT2D eigenvalue weighted by Crippen LogP contribution is -2.09. The molecule has 0 saturated heterocycles. The van der Waals surface area contributed by atoms with E-state index in [2.05, 4.69) is 4.74 Å². The van der Waals surface area contributed by atoms with Crippen LogP contribution in [-0.2, 0) is 11.3 Å². The Kier molecular flexibility index (Phi) is 3.55. The summed E-state index contributed by atoms with van der Waals surface area (Å²) in [5.74, 6) is -1.15. The minimum Gasteiger partial charge on any atom is -0.465 e. The highest BCUT2D eigenvalue weighted by molar-refractivity contribution is 5.89. The van der Waals surface area contributed by atoms with Gasteiger partial charge >= 0.3 is 5.97 Å². The van der Waals surface area contributed by atoms with E-state index in [1.54, 1.807) is 0 Å². The van der Waals surface area contributed by atoms with Crippen molar-refractivity contribution < 1.29 is 19.1 Å². The molecule has 0 amide bonds. The average molecular weight is 199 g/mol. The Balaban J connectivity index is 2.94. The average Bonchev–Trinajstić information content (AvgIpc) is 2.20. The van der Waals surface area contributed by atoms with Crippen molar-refractivity contribution in [2.75, 3.05) is 7.11 Å². The van der Waals surface area contributed by atoms with Crippen molar-refractivity contribution in [2.45, 2.75) is 6.54 Å². The number of carbonyl (C=O) groups excluding carboxylic acids is 1. The summed E-state index contributed by atoms with van der Waals surface area (Å²) in [5, 5.41) is 8.36. The number of methoxy groups -OCH3 is 1. The summed E-state index contributed by atoms with van der Waals surface area (Å²) in [6.45, 7) is -0.00666. The number of ether oxygens (including phenoxy) is 1. The van der Waals surface area contributed by atoms with Gasteiger partial charge in [-0.3, -0.25) is 0 Å². The molecule has 1 aromatic rings. The summed E-state index contributed by atoms with van der Waals surface area (Å²) in [6.07, 6.45) is 0. The molecule has 0 unspecified atom stereocenters. The van der Waals surface area contributed by atoms with Crippen LogP contribution in [0.2, 0.25) is 0 Å². The summed E-state index contributed by atoms with van der Waals surface area (Å²) >= 11 is 0. The maximum Gasteiger partial charge on any atom is 0.337 e. The van der Waals surface area contributed by atoms with Crippen LogP contribution in [-0.4, -0.2) is 18.3 Å². The van der Waals surface area contributed by atoms with Crippen LogP contribution in [0.25, 0.3) is 0 Å². The van der Waals surface area contributed by atoms with Crippen LogP contribution in [0.5, 0.6) is 0 Å². The number of hydrogen-bond donors (Lipinski definition) is 2. The lowest BCUT2D eigenvalue weighted by Gasteiger charge is -2.03. The Labute approximate surface area is 80.3 Å². The van der Waals surface area contributed by atoms with Crippen molar-refractivity contribution in [3.8, 4) is 0 Å². The van der Waals surface area contributed by atoms with Gasteiger partial charge < -0.3 is 9.94 Å². The molecule has 14 heavy (non-hydrogen) atoms. The predicted octanol–water partition coefficient (Wildman–Crippen LogP) is 1.09. The molecule has 0 saturated carbocycles. The molecule has 0 spiro atoms. The van der Waals surface area contributed by atoms with Crippen LogP contribution >= 0.6 is 0 Å². The predicted molar refractivity (Wildman–Crippen MR) is 46.4 cm³/mol. The Bertz CT molecular complexity index is 341. The summed E-state index contributed by atoms with van der Waals surface area (Å²) in [6, 6.07) is 3.91. The first-order valence-corrected chi connectivity index (χ1v) is 3.92. The van der Waals surface area contributed by atoms with E-state index in [0.29, 0.717) is 0 Å². The number of esters is 1. The molecule has 4 nitrogen and oxygen atoms in total. The van der Waals surface area contributed by atoms with Crippen LogP contribution in [0.1, 0.15) is 15.9 Å². The topological polar surface area (TPSA) is 58.6 Å². The van der Waals surface area contributed by atoms with Crippen molar-refractivity contribution in [1.82, 2.24) is 5.48 Å². The van der Waals surface area contributed by atoms with Crippen molar-refractivity contribution in [3.63, 3.8) is 0 Å². The van der Waals surface area contributed by atoms with E-state index in [1.165, 1.54) is 19.2 Å². The highest BCUT2D eigenvalue weighted by atomic mass is 19.1. The molecule has 0 bridgehead atoms. The van der Waals surface area contributed by atoms with E-state index in [4.69, 9.17) is 5.21 Å². The Hall–Kier alpha value is -1.46. The standard InChI is InChI=1S/C9H10FNO3/c1-14-9(12)6-2-3-7(5-11-13)8(10)4-6/h2-4,11,13H,5H2,1H3. The van der Waals surface area contributed by atoms with Gasteiger partial charge in [0.2, 0.25) is 0 Å². The molecular weight excluding hydrogens is 189 g/mol. The zero-order valence-corrected chi connectivity index (χ0v) is 7.58. The molecule has 0 aliphatic heterocycles. The second-order valence-corrected chi connectivity index (χ2v) is 2.63. The fraction of sp³-hybridized carbons (Fsp3) is 0.222. The zero-order valence-electron chi connectivity index (χ0n) is 7.58. The van der Waals surface area contributed by atoms with Gasteiger partial charge in [-0.1, -0.05) is 6.07 Å². The highest BCUT2D eigenvalue weighted by Gasteiger charge is 2.08. The van der Waals surface area contributed by atoms with Gasteiger partial charge in [0.25, 0.3) is 0 Å². The summed E-state index contributed by atoms with van der Waals surface area (Å²) < 4.78 is 17.6. The molecule has 0 aliphatic carbocycles. The molecule has 76 valence electrons. The monoisotopic (exact) mass is 199 g/mol. The van der Waals surface area contributed by atoms with Crippen molar-refractivity contribution >= 4 is 5.97 Å². The SMILES string of the molecule is COC(=O)c1ccc(CNO)c(F)c1. The third-order valence-electron chi connectivity index (χ3n) is 1.74. The second kappa shape index (κ2) is 4.69. The van der Waals surface area contributed by atoms with E-state index in [1.807, 2.05) is 5.48 Å². The zero-order chi connectivity index (χ0) is 10.6. The Morgan fingerprint density at radius 3 is 2.86 bits per heavy atom. The molecule has 0 atom stereocenters. The Morgan fingerprint density at radius 2 is 2.36 bits per heavy atom.